The van der Waals surface area contributed by atoms with E-state index in [4.69, 9.17) is 10.0 Å². The number of halogens is 2. The van der Waals surface area contributed by atoms with E-state index in [0.717, 1.165) is 17.3 Å². The third kappa shape index (κ3) is 3.81. The number of rotatable bonds is 4. The Hall–Kier alpha value is -0.585. The smallest absolute Gasteiger partial charge is 0.423 e. The van der Waals surface area contributed by atoms with Gasteiger partial charge in [0.25, 0.3) is 0 Å². The van der Waals surface area contributed by atoms with Crippen molar-refractivity contribution in [2.24, 2.45) is 0 Å². The van der Waals surface area contributed by atoms with E-state index in [0.29, 0.717) is 10.4 Å². The second-order valence-corrected chi connectivity index (χ2v) is 4.19. The quantitative estimate of drug-likeness (QED) is 0.601. The predicted octanol–water partition coefficient (Wildman–Crippen LogP) is 1.03. The Kier molecular flexibility index (Phi) is 4.57. The average molecular weight is 232 g/mol. The highest BCUT2D eigenvalue weighted by atomic mass is 32.2. The molecular weight excluding hydrogens is 221 g/mol. The molecule has 2 N–H and O–H groups in total. The van der Waals surface area contributed by atoms with E-state index >= 15 is 0 Å². The van der Waals surface area contributed by atoms with Crippen molar-refractivity contribution in [1.82, 2.24) is 0 Å². The van der Waals surface area contributed by atoms with Gasteiger partial charge in [0.2, 0.25) is 6.43 Å². The molecule has 0 aromatic heterocycles. The molecule has 0 atom stereocenters. The first-order valence-corrected chi connectivity index (χ1v) is 5.37. The van der Waals surface area contributed by atoms with Crippen molar-refractivity contribution in [2.75, 3.05) is 5.75 Å². The zero-order valence-electron chi connectivity index (χ0n) is 8.15. The minimum Gasteiger partial charge on any atom is -0.423 e. The molecule has 0 spiro atoms. The van der Waals surface area contributed by atoms with Gasteiger partial charge < -0.3 is 10.0 Å². The lowest BCUT2D eigenvalue weighted by atomic mass is 9.77. The van der Waals surface area contributed by atoms with Crippen LogP contribution in [0, 0.1) is 6.92 Å². The summed E-state index contributed by atoms with van der Waals surface area (Å²) in [6.45, 7) is 1.73. The molecule has 1 aromatic carbocycles. The van der Waals surface area contributed by atoms with Crippen molar-refractivity contribution in [3.05, 3.63) is 23.8 Å². The highest BCUT2D eigenvalue weighted by molar-refractivity contribution is 7.99. The summed E-state index contributed by atoms with van der Waals surface area (Å²) >= 11 is 0.997. The Balaban J connectivity index is 2.78. The van der Waals surface area contributed by atoms with Crippen molar-refractivity contribution in [3.8, 4) is 0 Å². The van der Waals surface area contributed by atoms with Crippen LogP contribution in [-0.2, 0) is 0 Å². The number of hydrogen-bond acceptors (Lipinski definition) is 3. The molecule has 6 heteroatoms. The summed E-state index contributed by atoms with van der Waals surface area (Å²) in [5.41, 5.74) is 1.08. The first kappa shape index (κ1) is 12.5. The minimum atomic E-state index is -2.36. The second kappa shape index (κ2) is 5.49. The maximum Gasteiger partial charge on any atom is 0.488 e. The molecule has 0 radical (unpaired) electrons. The Labute approximate surface area is 91.5 Å². The van der Waals surface area contributed by atoms with Gasteiger partial charge in [-0.2, -0.15) is 0 Å². The van der Waals surface area contributed by atoms with Gasteiger partial charge in [-0.05, 0) is 24.5 Å². The monoisotopic (exact) mass is 232 g/mol. The number of alkyl halides is 2. The third-order valence-electron chi connectivity index (χ3n) is 1.90. The average Bonchev–Trinajstić information content (AvgIpc) is 2.16. The zero-order chi connectivity index (χ0) is 11.4. The Bertz CT molecular complexity index is 334. The number of hydrogen-bond donors (Lipinski definition) is 2. The Morgan fingerprint density at radius 2 is 2.07 bits per heavy atom. The highest BCUT2D eigenvalue weighted by Gasteiger charge is 2.14. The first-order chi connectivity index (χ1) is 7.00. The maximum atomic E-state index is 11.9. The SMILES string of the molecule is Cc1ccc(SCC(F)F)cc1B(O)O. The van der Waals surface area contributed by atoms with Crippen molar-refractivity contribution < 1.29 is 18.8 Å². The number of aryl methyl sites for hydroxylation is 1. The minimum absolute atomic E-state index is 0.288. The van der Waals surface area contributed by atoms with Gasteiger partial charge in [0.05, 0.1) is 5.75 Å². The van der Waals surface area contributed by atoms with E-state index in [9.17, 15) is 8.78 Å². The molecule has 0 aliphatic heterocycles. The molecule has 0 fully saturated rings. The summed E-state index contributed by atoms with van der Waals surface area (Å²) in [5, 5.41) is 18.0. The van der Waals surface area contributed by atoms with Crippen LogP contribution in [0.25, 0.3) is 0 Å². The summed E-state index contributed by atoms with van der Waals surface area (Å²) < 4.78 is 23.9. The number of thioether (sulfide) groups is 1. The van der Waals surface area contributed by atoms with Gasteiger partial charge in [-0.1, -0.05) is 11.6 Å². The van der Waals surface area contributed by atoms with Gasteiger partial charge in [-0.15, -0.1) is 11.8 Å². The molecule has 1 aromatic rings. The van der Waals surface area contributed by atoms with Crippen LogP contribution in [0.2, 0.25) is 0 Å². The lowest BCUT2D eigenvalue weighted by Crippen LogP contribution is -2.32. The highest BCUT2D eigenvalue weighted by Crippen LogP contribution is 2.19. The van der Waals surface area contributed by atoms with Gasteiger partial charge in [0.1, 0.15) is 0 Å². The lowest BCUT2D eigenvalue weighted by Gasteiger charge is -2.07. The topological polar surface area (TPSA) is 40.5 Å². The van der Waals surface area contributed by atoms with Crippen molar-refractivity contribution in [3.63, 3.8) is 0 Å². The summed E-state index contributed by atoms with van der Waals surface area (Å²) in [6, 6.07) is 4.89. The molecule has 0 aliphatic rings. The van der Waals surface area contributed by atoms with Gasteiger partial charge in [0.15, 0.2) is 0 Å². The first-order valence-electron chi connectivity index (χ1n) is 4.38. The molecule has 82 valence electrons. The third-order valence-corrected chi connectivity index (χ3v) is 2.91. The standard InChI is InChI=1S/C9H11BF2O2S/c1-6-2-3-7(15-5-9(11)12)4-8(6)10(13)14/h2-4,9,13-14H,5H2,1H3. The Morgan fingerprint density at radius 1 is 1.40 bits per heavy atom. The van der Waals surface area contributed by atoms with E-state index in [1.54, 1.807) is 19.1 Å². The van der Waals surface area contributed by atoms with Crippen LogP contribution in [-0.4, -0.2) is 29.3 Å². The Morgan fingerprint density at radius 3 is 2.60 bits per heavy atom. The molecule has 0 heterocycles. The van der Waals surface area contributed by atoms with Gasteiger partial charge in [-0.3, -0.25) is 0 Å². The van der Waals surface area contributed by atoms with Gasteiger partial charge in [0, 0.05) is 4.90 Å². The van der Waals surface area contributed by atoms with Crippen molar-refractivity contribution in [1.29, 1.82) is 0 Å². The van der Waals surface area contributed by atoms with Crippen LogP contribution in [0.5, 0.6) is 0 Å². The van der Waals surface area contributed by atoms with Crippen molar-refractivity contribution >= 4 is 24.3 Å². The normalized spacial score (nSPS) is 10.8. The maximum absolute atomic E-state index is 11.9. The van der Waals surface area contributed by atoms with Gasteiger partial charge in [-0.25, -0.2) is 8.78 Å². The summed E-state index contributed by atoms with van der Waals surface area (Å²) in [4.78, 5) is 0.615. The molecule has 0 amide bonds. The molecule has 1 rings (SSSR count). The van der Waals surface area contributed by atoms with E-state index in [1.807, 2.05) is 0 Å². The fourth-order valence-corrected chi connectivity index (χ4v) is 1.84. The molecule has 0 saturated heterocycles. The largest absolute Gasteiger partial charge is 0.488 e. The number of benzene rings is 1. The lowest BCUT2D eigenvalue weighted by molar-refractivity contribution is 0.177. The molecule has 0 aliphatic carbocycles. The van der Waals surface area contributed by atoms with E-state index < -0.39 is 13.5 Å². The van der Waals surface area contributed by atoms with Crippen molar-refractivity contribution in [2.45, 2.75) is 18.2 Å². The van der Waals surface area contributed by atoms with Crippen LogP contribution in [0.1, 0.15) is 5.56 Å². The molecule has 2 nitrogen and oxygen atoms in total. The van der Waals surface area contributed by atoms with E-state index in [2.05, 4.69) is 0 Å². The van der Waals surface area contributed by atoms with E-state index in [1.165, 1.54) is 6.07 Å². The van der Waals surface area contributed by atoms with Crippen LogP contribution in [0.3, 0.4) is 0 Å². The summed E-state index contributed by atoms with van der Waals surface area (Å²) in [5.74, 6) is -0.288. The molecule has 0 saturated carbocycles. The predicted molar refractivity (Wildman–Crippen MR) is 57.7 cm³/mol. The molecule has 15 heavy (non-hydrogen) atoms. The molecule has 0 bridgehead atoms. The molecular formula is C9H11BF2O2S. The molecule has 0 unspecified atom stereocenters. The van der Waals surface area contributed by atoms with E-state index in [-0.39, 0.29) is 5.75 Å². The summed E-state index contributed by atoms with van der Waals surface area (Å²) in [6.07, 6.45) is -2.36. The summed E-state index contributed by atoms with van der Waals surface area (Å²) in [7, 11) is -1.56. The van der Waals surface area contributed by atoms with Gasteiger partial charge >= 0.3 is 7.12 Å². The second-order valence-electron chi connectivity index (χ2n) is 3.09. The van der Waals surface area contributed by atoms with Crippen LogP contribution >= 0.6 is 11.8 Å². The van der Waals surface area contributed by atoms with Crippen LogP contribution in [0.15, 0.2) is 23.1 Å². The van der Waals surface area contributed by atoms with Crippen LogP contribution in [0.4, 0.5) is 8.78 Å². The zero-order valence-corrected chi connectivity index (χ0v) is 8.97. The van der Waals surface area contributed by atoms with Crippen LogP contribution < -0.4 is 5.46 Å². The fraction of sp³-hybridized carbons (Fsp3) is 0.333. The fourth-order valence-electron chi connectivity index (χ4n) is 1.15.